The van der Waals surface area contributed by atoms with E-state index in [9.17, 15) is 9.59 Å². The maximum atomic E-state index is 12.3. The molecule has 3 heterocycles. The number of thioether (sulfide) groups is 1. The second-order valence-electron chi connectivity index (χ2n) is 5.94. The number of nitrogens with one attached hydrogen (secondary N) is 1. The Hall–Kier alpha value is -2.87. The van der Waals surface area contributed by atoms with Crippen LogP contribution in [0.4, 0.5) is 0 Å². The predicted octanol–water partition coefficient (Wildman–Crippen LogP) is 3.81. The van der Waals surface area contributed by atoms with E-state index in [0.29, 0.717) is 33.6 Å². The number of furan rings is 2. The quantitative estimate of drug-likeness (QED) is 0.375. The van der Waals surface area contributed by atoms with E-state index in [4.69, 9.17) is 8.83 Å². The van der Waals surface area contributed by atoms with Crippen LogP contribution in [-0.4, -0.2) is 27.4 Å². The van der Waals surface area contributed by atoms with Gasteiger partial charge in [-0.15, -0.1) is 0 Å². The Morgan fingerprint density at radius 2 is 1.93 bits per heavy atom. The fourth-order valence-corrected chi connectivity index (χ4v) is 3.54. The van der Waals surface area contributed by atoms with Crippen molar-refractivity contribution in [1.29, 1.82) is 0 Å². The van der Waals surface area contributed by atoms with Gasteiger partial charge in [0.05, 0.1) is 35.6 Å². The lowest BCUT2D eigenvalue weighted by Crippen LogP contribution is -2.28. The predicted molar refractivity (Wildman–Crippen MR) is 100 cm³/mol. The third kappa shape index (κ3) is 4.46. The number of nitrogens with zero attached hydrogens (tertiary/aromatic N) is 2. The van der Waals surface area contributed by atoms with Crippen molar-refractivity contribution >= 4 is 23.5 Å². The van der Waals surface area contributed by atoms with E-state index in [-0.39, 0.29) is 23.5 Å². The molecule has 3 aromatic rings. The summed E-state index contributed by atoms with van der Waals surface area (Å²) in [5.41, 5.74) is 0.970. The van der Waals surface area contributed by atoms with Crippen LogP contribution >= 0.6 is 11.8 Å². The second kappa shape index (κ2) is 8.22. The van der Waals surface area contributed by atoms with E-state index in [1.165, 1.54) is 24.9 Å². The Kier molecular flexibility index (Phi) is 5.75. The zero-order valence-electron chi connectivity index (χ0n) is 15.2. The first kappa shape index (κ1) is 18.9. The normalized spacial score (nSPS) is 12.0. The maximum Gasteiger partial charge on any atom is 0.230 e. The summed E-state index contributed by atoms with van der Waals surface area (Å²) >= 11 is 1.19. The molecule has 0 radical (unpaired) electrons. The molecule has 0 fully saturated rings. The van der Waals surface area contributed by atoms with Crippen LogP contribution in [0.1, 0.15) is 41.7 Å². The van der Waals surface area contributed by atoms with Crippen molar-refractivity contribution in [2.45, 2.75) is 31.8 Å². The van der Waals surface area contributed by atoms with Crippen LogP contribution in [-0.2, 0) is 4.79 Å². The summed E-state index contributed by atoms with van der Waals surface area (Å²) in [5, 5.41) is 3.32. The van der Waals surface area contributed by atoms with Crippen molar-refractivity contribution < 1.29 is 18.4 Å². The Morgan fingerprint density at radius 1 is 1.19 bits per heavy atom. The summed E-state index contributed by atoms with van der Waals surface area (Å²) in [6.45, 7) is 5.04. The van der Waals surface area contributed by atoms with E-state index in [1.54, 1.807) is 37.5 Å². The first-order chi connectivity index (χ1) is 13.0. The van der Waals surface area contributed by atoms with E-state index in [0.717, 1.165) is 0 Å². The van der Waals surface area contributed by atoms with Crippen LogP contribution in [0.15, 0.2) is 50.7 Å². The molecular formula is C19H19N3O4S. The molecule has 1 unspecified atom stereocenters. The SMILES string of the molecule is CC(=O)c1c(C)nc(-c2ccco2)nc1SCC(=O)NC(C)c1ccco1. The minimum absolute atomic E-state index is 0.110. The maximum absolute atomic E-state index is 12.3. The number of aryl methyl sites for hydroxylation is 1. The summed E-state index contributed by atoms with van der Waals surface area (Å²) in [4.78, 5) is 33.1. The number of ketones is 1. The van der Waals surface area contributed by atoms with Gasteiger partial charge in [-0.1, -0.05) is 11.8 Å². The molecule has 1 amide bonds. The van der Waals surface area contributed by atoms with Crippen molar-refractivity contribution in [1.82, 2.24) is 15.3 Å². The Bertz CT molecular complexity index is 936. The van der Waals surface area contributed by atoms with Gasteiger partial charge in [-0.25, -0.2) is 9.97 Å². The monoisotopic (exact) mass is 385 g/mol. The van der Waals surface area contributed by atoms with Gasteiger partial charge >= 0.3 is 0 Å². The van der Waals surface area contributed by atoms with Crippen LogP contribution in [0.5, 0.6) is 0 Å². The highest BCUT2D eigenvalue weighted by atomic mass is 32.2. The number of hydrogen-bond acceptors (Lipinski definition) is 7. The Labute approximate surface area is 160 Å². The average molecular weight is 385 g/mol. The minimum Gasteiger partial charge on any atom is -0.467 e. The molecule has 0 saturated heterocycles. The molecule has 1 N–H and O–H groups in total. The number of hydrogen-bond donors (Lipinski definition) is 1. The van der Waals surface area contributed by atoms with Crippen LogP contribution in [0, 0.1) is 6.92 Å². The first-order valence-corrected chi connectivity index (χ1v) is 9.33. The lowest BCUT2D eigenvalue weighted by Gasteiger charge is -2.13. The molecular weight excluding hydrogens is 366 g/mol. The van der Waals surface area contributed by atoms with Crippen molar-refractivity contribution in [3.05, 3.63) is 53.8 Å². The Balaban J connectivity index is 1.76. The number of amides is 1. The van der Waals surface area contributed by atoms with Crippen molar-refractivity contribution in [3.63, 3.8) is 0 Å². The summed E-state index contributed by atoms with van der Waals surface area (Å²) in [6.07, 6.45) is 3.09. The highest BCUT2D eigenvalue weighted by Crippen LogP contribution is 2.27. The molecule has 8 heteroatoms. The summed E-state index contributed by atoms with van der Waals surface area (Å²) in [6, 6.07) is 6.81. The van der Waals surface area contributed by atoms with Crippen molar-refractivity contribution in [2.24, 2.45) is 0 Å². The third-order valence-electron chi connectivity index (χ3n) is 3.84. The number of Topliss-reactive ketones (excluding diaryl/α,β-unsaturated/α-hetero) is 1. The number of carbonyl (C=O) groups is 2. The van der Waals surface area contributed by atoms with Crippen molar-refractivity contribution in [3.8, 4) is 11.6 Å². The van der Waals surface area contributed by atoms with Crippen LogP contribution < -0.4 is 5.32 Å². The topological polar surface area (TPSA) is 98.2 Å². The van der Waals surface area contributed by atoms with Gasteiger partial charge in [0, 0.05) is 0 Å². The first-order valence-electron chi connectivity index (χ1n) is 8.34. The summed E-state index contributed by atoms with van der Waals surface area (Å²) in [5.74, 6) is 1.34. The van der Waals surface area contributed by atoms with E-state index in [1.807, 2.05) is 6.92 Å². The summed E-state index contributed by atoms with van der Waals surface area (Å²) in [7, 11) is 0. The van der Waals surface area contributed by atoms with Crippen LogP contribution in [0.2, 0.25) is 0 Å². The van der Waals surface area contributed by atoms with E-state index < -0.39 is 0 Å². The molecule has 0 aliphatic rings. The van der Waals surface area contributed by atoms with Gasteiger partial charge < -0.3 is 14.2 Å². The average Bonchev–Trinajstić information content (AvgIpc) is 3.32. The van der Waals surface area contributed by atoms with Gasteiger partial charge in [-0.3, -0.25) is 9.59 Å². The van der Waals surface area contributed by atoms with Crippen LogP contribution in [0.25, 0.3) is 11.6 Å². The molecule has 3 aromatic heterocycles. The lowest BCUT2D eigenvalue weighted by atomic mass is 10.2. The number of carbonyl (C=O) groups excluding carboxylic acids is 2. The highest BCUT2D eigenvalue weighted by molar-refractivity contribution is 8.00. The smallest absolute Gasteiger partial charge is 0.230 e. The van der Waals surface area contributed by atoms with Gasteiger partial charge in [-0.05, 0) is 45.0 Å². The fourth-order valence-electron chi connectivity index (χ4n) is 2.60. The summed E-state index contributed by atoms with van der Waals surface area (Å²) < 4.78 is 10.6. The van der Waals surface area contributed by atoms with Gasteiger partial charge in [0.25, 0.3) is 0 Å². The molecule has 3 rings (SSSR count). The number of aromatic nitrogens is 2. The third-order valence-corrected chi connectivity index (χ3v) is 4.81. The van der Waals surface area contributed by atoms with Gasteiger partial charge in [0.2, 0.25) is 5.91 Å². The molecule has 27 heavy (non-hydrogen) atoms. The van der Waals surface area contributed by atoms with E-state index >= 15 is 0 Å². The molecule has 0 saturated carbocycles. The van der Waals surface area contributed by atoms with Gasteiger partial charge in [0.15, 0.2) is 17.4 Å². The zero-order valence-corrected chi connectivity index (χ0v) is 16.0. The van der Waals surface area contributed by atoms with Gasteiger partial charge in [-0.2, -0.15) is 0 Å². The molecule has 0 aliphatic carbocycles. The van der Waals surface area contributed by atoms with Crippen LogP contribution in [0.3, 0.4) is 0 Å². The highest BCUT2D eigenvalue weighted by Gasteiger charge is 2.19. The largest absolute Gasteiger partial charge is 0.467 e. The zero-order chi connectivity index (χ0) is 19.4. The molecule has 0 spiro atoms. The molecule has 0 bridgehead atoms. The molecule has 0 aromatic carbocycles. The van der Waals surface area contributed by atoms with E-state index in [2.05, 4.69) is 15.3 Å². The lowest BCUT2D eigenvalue weighted by molar-refractivity contribution is -0.119. The fraction of sp³-hybridized carbons (Fsp3) is 0.263. The Morgan fingerprint density at radius 3 is 2.56 bits per heavy atom. The molecule has 0 aliphatic heterocycles. The number of rotatable bonds is 7. The van der Waals surface area contributed by atoms with Crippen molar-refractivity contribution in [2.75, 3.05) is 5.75 Å². The minimum atomic E-state index is -0.244. The van der Waals surface area contributed by atoms with Gasteiger partial charge in [0.1, 0.15) is 10.8 Å². The second-order valence-corrected chi connectivity index (χ2v) is 6.90. The molecule has 140 valence electrons. The molecule has 1 atom stereocenters. The molecule has 7 nitrogen and oxygen atoms in total. The standard InChI is InChI=1S/C19H19N3O4S/c1-11(14-6-4-8-25-14)20-16(24)10-27-19-17(13(3)23)12(2)21-18(22-19)15-7-5-9-26-15/h4-9,11H,10H2,1-3H3,(H,20,24).